The van der Waals surface area contributed by atoms with Gasteiger partial charge in [-0.1, -0.05) is 42.0 Å². The van der Waals surface area contributed by atoms with Crippen molar-refractivity contribution in [1.29, 1.82) is 0 Å². The molecule has 7 nitrogen and oxygen atoms in total. The van der Waals surface area contributed by atoms with Crippen LogP contribution in [0.5, 0.6) is 0 Å². The van der Waals surface area contributed by atoms with Gasteiger partial charge in [-0.2, -0.15) is 0 Å². The zero-order valence-electron chi connectivity index (χ0n) is 17.7. The molecule has 0 amide bonds. The normalized spacial score (nSPS) is 12.7. The van der Waals surface area contributed by atoms with Crippen molar-refractivity contribution in [3.8, 4) is 11.1 Å². The Hall–Kier alpha value is -3.13. The van der Waals surface area contributed by atoms with Gasteiger partial charge in [0, 0.05) is 13.2 Å². The molecule has 0 aliphatic carbocycles. The highest BCUT2D eigenvalue weighted by molar-refractivity contribution is 5.98. The Bertz CT molecular complexity index is 1230. The smallest absolute Gasteiger partial charge is 0.246 e. The number of benzene rings is 2. The van der Waals surface area contributed by atoms with Gasteiger partial charge in [-0.25, -0.2) is 9.97 Å². The highest BCUT2D eigenvalue weighted by Gasteiger charge is 2.34. The van der Waals surface area contributed by atoms with Crippen molar-refractivity contribution in [2.24, 2.45) is 0 Å². The summed E-state index contributed by atoms with van der Waals surface area (Å²) >= 11 is 0. The van der Waals surface area contributed by atoms with Crippen molar-refractivity contribution in [2.45, 2.75) is 33.2 Å². The molecule has 160 valence electrons. The van der Waals surface area contributed by atoms with Gasteiger partial charge in [-0.15, -0.1) is 0 Å². The molecule has 1 unspecified atom stereocenters. The lowest BCUT2D eigenvalue weighted by Gasteiger charge is -2.18. The fourth-order valence-corrected chi connectivity index (χ4v) is 3.54. The van der Waals surface area contributed by atoms with E-state index in [9.17, 15) is 9.90 Å². The first-order valence-corrected chi connectivity index (χ1v) is 10.2. The SMILES string of the molecule is CCOC(OCC)C(=O)C(O)c1oc2nc3ccccc3nc2c1-c1cccc(C)c1. The Labute approximate surface area is 179 Å². The number of furan rings is 1. The summed E-state index contributed by atoms with van der Waals surface area (Å²) in [6.07, 6.45) is -2.79. The number of aliphatic hydroxyl groups is 1. The second-order valence-electron chi connectivity index (χ2n) is 7.12. The van der Waals surface area contributed by atoms with Crippen LogP contribution in [-0.2, 0) is 14.3 Å². The molecule has 0 spiro atoms. The van der Waals surface area contributed by atoms with Gasteiger partial charge in [0.2, 0.25) is 17.8 Å². The average molecular weight is 420 g/mol. The number of rotatable bonds is 8. The van der Waals surface area contributed by atoms with Crippen LogP contribution in [0.2, 0.25) is 0 Å². The summed E-state index contributed by atoms with van der Waals surface area (Å²) in [5.41, 5.74) is 4.41. The number of Topliss-reactive ketones (excluding diaryl/α,β-unsaturated/α-hetero) is 1. The van der Waals surface area contributed by atoms with Crippen LogP contribution >= 0.6 is 0 Å². The Morgan fingerprint density at radius 2 is 1.71 bits per heavy atom. The van der Waals surface area contributed by atoms with Gasteiger partial charge in [0.05, 0.1) is 16.6 Å². The van der Waals surface area contributed by atoms with Gasteiger partial charge in [0.15, 0.2) is 11.9 Å². The van der Waals surface area contributed by atoms with Crippen LogP contribution in [0, 0.1) is 6.92 Å². The molecule has 0 aliphatic heterocycles. The maximum Gasteiger partial charge on any atom is 0.246 e. The molecule has 31 heavy (non-hydrogen) atoms. The number of para-hydroxylation sites is 2. The van der Waals surface area contributed by atoms with Crippen LogP contribution in [0.25, 0.3) is 33.4 Å². The number of carbonyl (C=O) groups excluding carboxylic acids is 1. The van der Waals surface area contributed by atoms with E-state index in [1.807, 2.05) is 55.5 Å². The van der Waals surface area contributed by atoms with E-state index >= 15 is 0 Å². The van der Waals surface area contributed by atoms with Crippen LogP contribution in [0.15, 0.2) is 52.9 Å². The number of aryl methyl sites for hydroxylation is 1. The van der Waals surface area contributed by atoms with Gasteiger partial charge in [0.25, 0.3) is 0 Å². The van der Waals surface area contributed by atoms with Crippen molar-refractivity contribution in [3.63, 3.8) is 0 Å². The van der Waals surface area contributed by atoms with Crippen molar-refractivity contribution in [2.75, 3.05) is 13.2 Å². The molecule has 0 bridgehead atoms. The number of hydrogen-bond acceptors (Lipinski definition) is 7. The largest absolute Gasteiger partial charge is 0.437 e. The molecule has 1 atom stereocenters. The summed E-state index contributed by atoms with van der Waals surface area (Å²) < 4.78 is 16.7. The Kier molecular flexibility index (Phi) is 6.08. The predicted octanol–water partition coefficient (Wildman–Crippen LogP) is 4.35. The van der Waals surface area contributed by atoms with E-state index in [-0.39, 0.29) is 24.7 Å². The minimum absolute atomic E-state index is 0.0744. The molecule has 0 fully saturated rings. The number of ketones is 1. The summed E-state index contributed by atoms with van der Waals surface area (Å²) in [5.74, 6) is -0.563. The zero-order chi connectivity index (χ0) is 22.0. The van der Waals surface area contributed by atoms with E-state index in [1.165, 1.54) is 0 Å². The third-order valence-electron chi connectivity index (χ3n) is 4.92. The summed E-state index contributed by atoms with van der Waals surface area (Å²) in [4.78, 5) is 22.3. The van der Waals surface area contributed by atoms with Crippen LogP contribution < -0.4 is 0 Å². The molecule has 0 saturated carbocycles. The van der Waals surface area contributed by atoms with Gasteiger partial charge in [-0.3, -0.25) is 4.79 Å². The topological polar surface area (TPSA) is 94.7 Å². The zero-order valence-corrected chi connectivity index (χ0v) is 17.7. The third-order valence-corrected chi connectivity index (χ3v) is 4.92. The molecule has 2 aromatic heterocycles. The Balaban J connectivity index is 1.92. The molecular formula is C24H24N2O5. The third kappa shape index (κ3) is 4.07. The highest BCUT2D eigenvalue weighted by Crippen LogP contribution is 2.38. The lowest BCUT2D eigenvalue weighted by Crippen LogP contribution is -2.32. The molecular weight excluding hydrogens is 396 g/mol. The summed E-state index contributed by atoms with van der Waals surface area (Å²) in [6, 6.07) is 15.1. The first-order valence-electron chi connectivity index (χ1n) is 10.2. The number of hydrogen-bond donors (Lipinski definition) is 1. The van der Waals surface area contributed by atoms with E-state index in [0.29, 0.717) is 22.1 Å². The van der Waals surface area contributed by atoms with Gasteiger partial charge < -0.3 is 19.0 Å². The first kappa shape index (κ1) is 21.1. The van der Waals surface area contributed by atoms with Crippen LogP contribution in [0.4, 0.5) is 0 Å². The van der Waals surface area contributed by atoms with Gasteiger partial charge >= 0.3 is 0 Å². The maximum absolute atomic E-state index is 13.0. The van der Waals surface area contributed by atoms with Crippen molar-refractivity contribution in [1.82, 2.24) is 9.97 Å². The summed E-state index contributed by atoms with van der Waals surface area (Å²) in [5, 5.41) is 11.0. The van der Waals surface area contributed by atoms with E-state index in [2.05, 4.69) is 4.98 Å². The van der Waals surface area contributed by atoms with Crippen molar-refractivity contribution < 1.29 is 23.8 Å². The lowest BCUT2D eigenvalue weighted by molar-refractivity contribution is -0.176. The van der Waals surface area contributed by atoms with E-state index in [0.717, 1.165) is 11.1 Å². The van der Waals surface area contributed by atoms with Crippen molar-refractivity contribution >= 4 is 28.0 Å². The molecule has 2 aromatic carbocycles. The van der Waals surface area contributed by atoms with E-state index < -0.39 is 18.2 Å². The number of fused-ring (bicyclic) bond motifs is 2. The monoisotopic (exact) mass is 420 g/mol. The minimum Gasteiger partial charge on any atom is -0.437 e. The van der Waals surface area contributed by atoms with Gasteiger partial charge in [0.1, 0.15) is 5.52 Å². The Morgan fingerprint density at radius 3 is 2.35 bits per heavy atom. The quantitative estimate of drug-likeness (QED) is 0.423. The molecule has 2 heterocycles. The minimum atomic E-state index is -1.60. The standard InChI is InChI=1S/C24H24N2O5/c1-4-29-24(30-5-2)21(28)20(27)22-18(15-10-8-9-14(3)13-15)19-23(31-22)26-17-12-7-6-11-16(17)25-19/h6-13,20,24,27H,4-5H2,1-3H3. The molecule has 1 N–H and O–H groups in total. The first-order chi connectivity index (χ1) is 15.0. The summed E-state index contributed by atoms with van der Waals surface area (Å²) in [6.45, 7) is 6.01. The fraction of sp³-hybridized carbons (Fsp3) is 0.292. The second-order valence-corrected chi connectivity index (χ2v) is 7.12. The molecule has 7 heteroatoms. The second kappa shape index (κ2) is 8.93. The lowest BCUT2D eigenvalue weighted by atomic mass is 9.99. The Morgan fingerprint density at radius 1 is 1.03 bits per heavy atom. The van der Waals surface area contributed by atoms with Crippen molar-refractivity contribution in [3.05, 3.63) is 59.9 Å². The number of ether oxygens (including phenoxy) is 2. The molecule has 0 saturated heterocycles. The number of carbonyl (C=O) groups is 1. The van der Waals surface area contributed by atoms with Crippen LogP contribution in [-0.4, -0.2) is 40.4 Å². The predicted molar refractivity (Wildman–Crippen MR) is 116 cm³/mol. The molecule has 0 radical (unpaired) electrons. The van der Waals surface area contributed by atoms with Gasteiger partial charge in [-0.05, 0) is 38.5 Å². The highest BCUT2D eigenvalue weighted by atomic mass is 16.7. The molecule has 4 aromatic rings. The molecule has 4 rings (SSSR count). The fourth-order valence-electron chi connectivity index (χ4n) is 3.54. The van der Waals surface area contributed by atoms with E-state index in [1.54, 1.807) is 13.8 Å². The number of aliphatic hydroxyl groups excluding tert-OH is 1. The average Bonchev–Trinajstić information content (AvgIpc) is 3.14. The number of nitrogens with zero attached hydrogens (tertiary/aromatic N) is 2. The summed E-state index contributed by atoms with van der Waals surface area (Å²) in [7, 11) is 0. The molecule has 0 aliphatic rings. The van der Waals surface area contributed by atoms with Crippen LogP contribution in [0.1, 0.15) is 31.3 Å². The van der Waals surface area contributed by atoms with E-state index in [4.69, 9.17) is 18.9 Å². The van der Waals surface area contributed by atoms with Crippen LogP contribution in [0.3, 0.4) is 0 Å². The number of aromatic nitrogens is 2. The maximum atomic E-state index is 13.0.